The highest BCUT2D eigenvalue weighted by atomic mass is 35.7. The largest absolute Gasteiger partial charge is 0.445 e. The molecule has 0 radical (unpaired) electrons. The van der Waals surface area contributed by atoms with Crippen LogP contribution < -0.4 is 5.32 Å². The standard InChI is InChI=1S/C19H20ClNO4S/c20-26(23,24)14-19(11-10-16-8-4-5-9-17(16)19)13-21-18(22)25-12-15-6-2-1-3-7-15/h1-9H,10-14H2,(H,21,22). The lowest BCUT2D eigenvalue weighted by atomic mass is 9.84. The van der Waals surface area contributed by atoms with E-state index in [1.54, 1.807) is 0 Å². The summed E-state index contributed by atoms with van der Waals surface area (Å²) in [6, 6.07) is 17.0. The van der Waals surface area contributed by atoms with Crippen molar-refractivity contribution in [2.24, 2.45) is 0 Å². The third kappa shape index (κ3) is 4.56. The fourth-order valence-electron chi connectivity index (χ4n) is 3.49. The van der Waals surface area contributed by atoms with E-state index in [1.165, 1.54) is 0 Å². The van der Waals surface area contributed by atoms with Gasteiger partial charge in [-0.2, -0.15) is 0 Å². The summed E-state index contributed by atoms with van der Waals surface area (Å²) >= 11 is 0. The third-order valence-corrected chi connectivity index (χ3v) is 5.92. The van der Waals surface area contributed by atoms with Crippen LogP contribution in [0.3, 0.4) is 0 Å². The minimum absolute atomic E-state index is 0.156. The van der Waals surface area contributed by atoms with Crippen LogP contribution in [0.4, 0.5) is 4.79 Å². The molecule has 138 valence electrons. The van der Waals surface area contributed by atoms with Gasteiger partial charge in [0.05, 0.1) is 5.75 Å². The first-order valence-corrected chi connectivity index (χ1v) is 10.8. The maximum Gasteiger partial charge on any atom is 0.407 e. The summed E-state index contributed by atoms with van der Waals surface area (Å²) in [5.74, 6) is -0.225. The molecular formula is C19H20ClNO4S. The van der Waals surface area contributed by atoms with Crippen LogP contribution in [-0.4, -0.2) is 26.8 Å². The number of nitrogens with one attached hydrogen (secondary N) is 1. The molecule has 0 fully saturated rings. The first-order chi connectivity index (χ1) is 12.4. The van der Waals surface area contributed by atoms with Gasteiger partial charge in [0.15, 0.2) is 0 Å². The number of fused-ring (bicyclic) bond motifs is 1. The van der Waals surface area contributed by atoms with Crippen LogP contribution in [-0.2, 0) is 32.2 Å². The molecule has 2 aromatic carbocycles. The molecule has 1 atom stereocenters. The number of amides is 1. The molecule has 0 aliphatic heterocycles. The number of hydrogen-bond acceptors (Lipinski definition) is 4. The fourth-order valence-corrected chi connectivity index (χ4v) is 5.18. The Bertz CT molecular complexity index is 885. The Balaban J connectivity index is 1.69. The Hall–Kier alpha value is -2.05. The van der Waals surface area contributed by atoms with Crippen LogP contribution >= 0.6 is 10.7 Å². The Morgan fingerprint density at radius 2 is 1.81 bits per heavy atom. The Labute approximate surface area is 157 Å². The Morgan fingerprint density at radius 3 is 2.54 bits per heavy atom. The zero-order valence-corrected chi connectivity index (χ0v) is 15.7. The minimum atomic E-state index is -3.73. The summed E-state index contributed by atoms with van der Waals surface area (Å²) in [7, 11) is 1.82. The second kappa shape index (κ2) is 7.68. The molecule has 5 nitrogen and oxygen atoms in total. The smallest absolute Gasteiger partial charge is 0.407 e. The second-order valence-corrected chi connectivity index (χ2v) is 9.31. The lowest BCUT2D eigenvalue weighted by Crippen LogP contribution is -2.43. The molecule has 1 amide bonds. The van der Waals surface area contributed by atoms with Gasteiger partial charge < -0.3 is 10.1 Å². The van der Waals surface area contributed by atoms with Gasteiger partial charge in [0.25, 0.3) is 0 Å². The predicted molar refractivity (Wildman–Crippen MR) is 101 cm³/mol. The topological polar surface area (TPSA) is 72.5 Å². The number of aryl methyl sites for hydroxylation is 1. The lowest BCUT2D eigenvalue weighted by Gasteiger charge is -2.29. The molecule has 0 saturated carbocycles. The van der Waals surface area contributed by atoms with Crippen molar-refractivity contribution in [2.75, 3.05) is 12.3 Å². The molecule has 0 bridgehead atoms. The third-order valence-electron chi connectivity index (χ3n) is 4.69. The first-order valence-electron chi connectivity index (χ1n) is 8.33. The molecule has 1 aliphatic carbocycles. The van der Waals surface area contributed by atoms with Gasteiger partial charge in [-0.3, -0.25) is 0 Å². The fraction of sp³-hybridized carbons (Fsp3) is 0.316. The highest BCUT2D eigenvalue weighted by molar-refractivity contribution is 8.13. The molecule has 0 aromatic heterocycles. The number of carbonyl (C=O) groups excluding carboxylic acids is 1. The van der Waals surface area contributed by atoms with Gasteiger partial charge in [0, 0.05) is 22.6 Å². The summed E-state index contributed by atoms with van der Waals surface area (Å²) in [6.07, 6.45) is 0.783. The van der Waals surface area contributed by atoms with Gasteiger partial charge in [-0.05, 0) is 29.5 Å². The molecule has 1 N–H and O–H groups in total. The summed E-state index contributed by atoms with van der Waals surface area (Å²) in [4.78, 5) is 12.1. The van der Waals surface area contributed by atoms with Crippen molar-refractivity contribution in [3.05, 3.63) is 71.3 Å². The van der Waals surface area contributed by atoms with Crippen molar-refractivity contribution in [2.45, 2.75) is 24.9 Å². The first kappa shape index (κ1) is 18.7. The monoisotopic (exact) mass is 393 g/mol. The van der Waals surface area contributed by atoms with E-state index in [0.717, 1.165) is 23.1 Å². The van der Waals surface area contributed by atoms with Gasteiger partial charge in [-0.1, -0.05) is 54.6 Å². The van der Waals surface area contributed by atoms with E-state index in [-0.39, 0.29) is 18.9 Å². The lowest BCUT2D eigenvalue weighted by molar-refractivity contribution is 0.137. The van der Waals surface area contributed by atoms with Gasteiger partial charge in [0.2, 0.25) is 9.05 Å². The molecule has 7 heteroatoms. The van der Waals surface area contributed by atoms with Crippen molar-refractivity contribution in [3.8, 4) is 0 Å². The van der Waals surface area contributed by atoms with E-state index in [9.17, 15) is 13.2 Å². The number of benzene rings is 2. The number of rotatable bonds is 6. The van der Waals surface area contributed by atoms with Crippen molar-refractivity contribution >= 4 is 25.8 Å². The normalized spacial score (nSPS) is 19.0. The summed E-state index contributed by atoms with van der Waals surface area (Å²) in [6.45, 7) is 0.313. The molecule has 0 saturated heterocycles. The van der Waals surface area contributed by atoms with Crippen LogP contribution in [0.2, 0.25) is 0 Å². The van der Waals surface area contributed by atoms with Crippen molar-refractivity contribution in [1.82, 2.24) is 5.32 Å². The molecule has 1 aliphatic rings. The predicted octanol–water partition coefficient (Wildman–Crippen LogP) is 3.37. The molecule has 0 heterocycles. The Morgan fingerprint density at radius 1 is 1.12 bits per heavy atom. The van der Waals surface area contributed by atoms with Crippen LogP contribution in [0.5, 0.6) is 0 Å². The maximum absolute atomic E-state index is 12.1. The van der Waals surface area contributed by atoms with Crippen molar-refractivity contribution in [3.63, 3.8) is 0 Å². The molecule has 0 spiro atoms. The van der Waals surface area contributed by atoms with Gasteiger partial charge in [-0.15, -0.1) is 0 Å². The second-order valence-electron chi connectivity index (χ2n) is 6.54. The Kier molecular flexibility index (Phi) is 5.53. The molecule has 3 rings (SSSR count). The minimum Gasteiger partial charge on any atom is -0.445 e. The van der Waals surface area contributed by atoms with E-state index in [2.05, 4.69) is 5.32 Å². The SMILES string of the molecule is O=C(NCC1(CS(=O)(=O)Cl)CCc2ccccc21)OCc1ccccc1. The average Bonchev–Trinajstić information content (AvgIpc) is 2.97. The van der Waals surface area contributed by atoms with Crippen LogP contribution in [0.25, 0.3) is 0 Å². The van der Waals surface area contributed by atoms with E-state index < -0.39 is 20.6 Å². The number of carbonyl (C=O) groups is 1. The van der Waals surface area contributed by atoms with E-state index in [0.29, 0.717) is 6.42 Å². The van der Waals surface area contributed by atoms with Gasteiger partial charge >= 0.3 is 6.09 Å². The number of hydrogen-bond donors (Lipinski definition) is 1. The highest BCUT2D eigenvalue weighted by Crippen LogP contribution is 2.40. The quantitative estimate of drug-likeness (QED) is 0.764. The summed E-state index contributed by atoms with van der Waals surface area (Å²) in [5.41, 5.74) is 2.16. The van der Waals surface area contributed by atoms with Gasteiger partial charge in [0.1, 0.15) is 6.61 Å². The zero-order chi connectivity index (χ0) is 18.6. The number of ether oxygens (including phenoxy) is 1. The molecular weight excluding hydrogens is 374 g/mol. The molecule has 26 heavy (non-hydrogen) atoms. The van der Waals surface area contributed by atoms with Crippen molar-refractivity contribution in [1.29, 1.82) is 0 Å². The van der Waals surface area contributed by atoms with E-state index in [1.807, 2.05) is 54.6 Å². The number of alkyl carbamates (subject to hydrolysis) is 1. The highest BCUT2D eigenvalue weighted by Gasteiger charge is 2.42. The van der Waals surface area contributed by atoms with Gasteiger partial charge in [-0.25, -0.2) is 13.2 Å². The van der Waals surface area contributed by atoms with Crippen LogP contribution in [0.1, 0.15) is 23.1 Å². The van der Waals surface area contributed by atoms with Crippen LogP contribution in [0, 0.1) is 0 Å². The van der Waals surface area contributed by atoms with Crippen molar-refractivity contribution < 1.29 is 17.9 Å². The summed E-state index contributed by atoms with van der Waals surface area (Å²) < 4.78 is 28.8. The maximum atomic E-state index is 12.1. The zero-order valence-electron chi connectivity index (χ0n) is 14.2. The van der Waals surface area contributed by atoms with Crippen LogP contribution in [0.15, 0.2) is 54.6 Å². The number of halogens is 1. The van der Waals surface area contributed by atoms with E-state index >= 15 is 0 Å². The molecule has 2 aromatic rings. The molecule has 1 unspecified atom stereocenters. The average molecular weight is 394 g/mol. The summed E-state index contributed by atoms with van der Waals surface area (Å²) in [5, 5.41) is 2.71. The van der Waals surface area contributed by atoms with E-state index in [4.69, 9.17) is 15.4 Å².